The van der Waals surface area contributed by atoms with Gasteiger partial charge in [-0.05, 0) is 57.5 Å². The summed E-state index contributed by atoms with van der Waals surface area (Å²) in [5, 5.41) is 0. The normalized spacial score (nSPS) is 25.1. The highest BCUT2D eigenvalue weighted by Gasteiger charge is 2.33. The van der Waals surface area contributed by atoms with Gasteiger partial charge in [-0.25, -0.2) is 4.98 Å². The van der Waals surface area contributed by atoms with Crippen LogP contribution in [-0.4, -0.2) is 71.7 Å². The second kappa shape index (κ2) is 8.74. The highest BCUT2D eigenvalue weighted by atomic mass is 16.5. The number of hydrogen-bond acceptors (Lipinski definition) is 4. The Bertz CT molecular complexity index is 619. The molecule has 2 saturated heterocycles. The highest BCUT2D eigenvalue weighted by molar-refractivity contribution is 5.79. The number of likely N-dealkylation sites (tertiary alicyclic amines) is 2. The summed E-state index contributed by atoms with van der Waals surface area (Å²) < 4.78 is 7.53. The first-order chi connectivity index (χ1) is 13.2. The van der Waals surface area contributed by atoms with Gasteiger partial charge in [0, 0.05) is 57.5 Å². The quantitative estimate of drug-likeness (QED) is 0.735. The van der Waals surface area contributed by atoms with E-state index in [0.717, 1.165) is 77.5 Å². The van der Waals surface area contributed by atoms with Crippen molar-refractivity contribution in [3.05, 3.63) is 18.2 Å². The summed E-state index contributed by atoms with van der Waals surface area (Å²) in [5.41, 5.74) is 0. The predicted octanol–water partition coefficient (Wildman–Crippen LogP) is 2.36. The van der Waals surface area contributed by atoms with Crippen molar-refractivity contribution < 1.29 is 9.53 Å². The smallest absolute Gasteiger partial charge is 0.225 e. The highest BCUT2D eigenvalue weighted by Crippen LogP contribution is 2.33. The van der Waals surface area contributed by atoms with E-state index in [2.05, 4.69) is 25.5 Å². The minimum atomic E-state index is 0.203. The predicted molar refractivity (Wildman–Crippen MR) is 105 cm³/mol. The average Bonchev–Trinajstić information content (AvgIpc) is 3.41. The number of aromatic nitrogens is 2. The minimum Gasteiger partial charge on any atom is -0.383 e. The molecular weight excluding hydrogens is 340 g/mol. The van der Waals surface area contributed by atoms with Crippen LogP contribution in [0.25, 0.3) is 0 Å². The number of amides is 1. The van der Waals surface area contributed by atoms with Crippen molar-refractivity contribution in [1.82, 2.24) is 19.4 Å². The van der Waals surface area contributed by atoms with Crippen LogP contribution < -0.4 is 0 Å². The molecule has 1 unspecified atom stereocenters. The number of carbonyl (C=O) groups excluding carboxylic acids is 1. The summed E-state index contributed by atoms with van der Waals surface area (Å²) in [4.78, 5) is 22.3. The molecule has 1 aromatic rings. The van der Waals surface area contributed by atoms with Crippen LogP contribution in [0.4, 0.5) is 0 Å². The van der Waals surface area contributed by atoms with Crippen LogP contribution in [0.2, 0.25) is 0 Å². The Labute approximate surface area is 162 Å². The van der Waals surface area contributed by atoms with Crippen molar-refractivity contribution >= 4 is 5.91 Å². The number of methoxy groups -OCH3 is 1. The van der Waals surface area contributed by atoms with Crippen LogP contribution in [0, 0.1) is 11.8 Å². The molecule has 0 spiro atoms. The molecular formula is C21H34N4O2. The topological polar surface area (TPSA) is 50.6 Å². The fourth-order valence-corrected chi connectivity index (χ4v) is 4.68. The summed E-state index contributed by atoms with van der Waals surface area (Å²) in [7, 11) is 1.75. The maximum Gasteiger partial charge on any atom is 0.225 e. The van der Waals surface area contributed by atoms with Crippen LogP contribution in [0.3, 0.4) is 0 Å². The van der Waals surface area contributed by atoms with Crippen LogP contribution in [-0.2, 0) is 16.1 Å². The standard InChI is InChI=1S/C21H34N4O2/c1-27-14-13-23-10-6-18(7-11-23)21(26)25-9-2-3-19(16-25)20-22-8-12-24(20)15-17-4-5-17/h8,12,17-19H,2-7,9-11,13-16H2,1H3. The third-order valence-electron chi connectivity index (χ3n) is 6.55. The summed E-state index contributed by atoms with van der Waals surface area (Å²) in [6.45, 7) is 6.67. The van der Waals surface area contributed by atoms with Gasteiger partial charge in [0.15, 0.2) is 0 Å². The Morgan fingerprint density at radius 3 is 2.74 bits per heavy atom. The summed E-state index contributed by atoms with van der Waals surface area (Å²) >= 11 is 0. The first-order valence-corrected chi connectivity index (χ1v) is 10.8. The molecule has 3 fully saturated rings. The molecule has 3 aliphatic rings. The molecule has 0 radical (unpaired) electrons. The lowest BCUT2D eigenvalue weighted by molar-refractivity contribution is -0.138. The lowest BCUT2D eigenvalue weighted by Crippen LogP contribution is -2.46. The Morgan fingerprint density at radius 1 is 1.19 bits per heavy atom. The Balaban J connectivity index is 1.32. The van der Waals surface area contributed by atoms with Gasteiger partial charge < -0.3 is 19.1 Å². The second-order valence-corrected chi connectivity index (χ2v) is 8.61. The van der Waals surface area contributed by atoms with E-state index < -0.39 is 0 Å². The van der Waals surface area contributed by atoms with Gasteiger partial charge in [0.05, 0.1) is 6.61 Å². The van der Waals surface area contributed by atoms with Crippen molar-refractivity contribution in [3.63, 3.8) is 0 Å². The number of carbonyl (C=O) groups is 1. The summed E-state index contributed by atoms with van der Waals surface area (Å²) in [5.74, 6) is 3.04. The van der Waals surface area contributed by atoms with Gasteiger partial charge in [0.2, 0.25) is 5.91 Å². The van der Waals surface area contributed by atoms with Crippen LogP contribution >= 0.6 is 0 Å². The molecule has 6 nitrogen and oxygen atoms in total. The molecule has 150 valence electrons. The molecule has 4 rings (SSSR count). The van der Waals surface area contributed by atoms with E-state index in [1.54, 1.807) is 7.11 Å². The maximum atomic E-state index is 13.1. The first-order valence-electron chi connectivity index (χ1n) is 10.8. The second-order valence-electron chi connectivity index (χ2n) is 8.61. The molecule has 1 saturated carbocycles. The fraction of sp³-hybridized carbons (Fsp3) is 0.810. The van der Waals surface area contributed by atoms with E-state index in [9.17, 15) is 4.79 Å². The molecule has 0 bridgehead atoms. The fourth-order valence-electron chi connectivity index (χ4n) is 4.68. The zero-order chi connectivity index (χ0) is 18.6. The Kier molecular flexibility index (Phi) is 6.13. The Hall–Kier alpha value is -1.40. The largest absolute Gasteiger partial charge is 0.383 e. The Morgan fingerprint density at radius 2 is 2.00 bits per heavy atom. The molecule has 1 amide bonds. The molecule has 2 aliphatic heterocycles. The third-order valence-corrected chi connectivity index (χ3v) is 6.55. The lowest BCUT2D eigenvalue weighted by Gasteiger charge is -2.37. The van der Waals surface area contributed by atoms with E-state index in [-0.39, 0.29) is 5.92 Å². The third kappa shape index (κ3) is 4.72. The van der Waals surface area contributed by atoms with Gasteiger partial charge in [-0.3, -0.25) is 4.79 Å². The van der Waals surface area contributed by atoms with Crippen molar-refractivity contribution in [2.24, 2.45) is 11.8 Å². The number of rotatable bonds is 7. The van der Waals surface area contributed by atoms with Crippen LogP contribution in [0.1, 0.15) is 50.3 Å². The molecule has 1 aromatic heterocycles. The molecule has 27 heavy (non-hydrogen) atoms. The van der Waals surface area contributed by atoms with Gasteiger partial charge in [0.1, 0.15) is 5.82 Å². The van der Waals surface area contributed by atoms with Gasteiger partial charge in [0.25, 0.3) is 0 Å². The zero-order valence-corrected chi connectivity index (χ0v) is 16.7. The van der Waals surface area contributed by atoms with Gasteiger partial charge in [-0.15, -0.1) is 0 Å². The minimum absolute atomic E-state index is 0.203. The molecule has 0 aromatic carbocycles. The van der Waals surface area contributed by atoms with Crippen molar-refractivity contribution in [2.45, 2.75) is 51.0 Å². The van der Waals surface area contributed by atoms with E-state index >= 15 is 0 Å². The number of hydrogen-bond donors (Lipinski definition) is 0. The maximum absolute atomic E-state index is 13.1. The van der Waals surface area contributed by atoms with Crippen molar-refractivity contribution in [2.75, 3.05) is 46.4 Å². The summed E-state index contributed by atoms with van der Waals surface area (Å²) in [6, 6.07) is 0. The number of piperidine rings is 2. The number of ether oxygens (including phenoxy) is 1. The zero-order valence-electron chi connectivity index (χ0n) is 16.7. The van der Waals surface area contributed by atoms with Crippen LogP contribution in [0.15, 0.2) is 12.4 Å². The monoisotopic (exact) mass is 374 g/mol. The van der Waals surface area contributed by atoms with Gasteiger partial charge in [-0.1, -0.05) is 0 Å². The molecule has 1 aliphatic carbocycles. The first kappa shape index (κ1) is 18.9. The van der Waals surface area contributed by atoms with Crippen molar-refractivity contribution in [1.29, 1.82) is 0 Å². The van der Waals surface area contributed by atoms with E-state index in [1.165, 1.54) is 18.7 Å². The number of nitrogens with zero attached hydrogens (tertiary/aromatic N) is 4. The summed E-state index contributed by atoms with van der Waals surface area (Å²) in [6.07, 6.45) is 11.0. The molecule has 1 atom stereocenters. The average molecular weight is 375 g/mol. The van der Waals surface area contributed by atoms with Crippen molar-refractivity contribution in [3.8, 4) is 0 Å². The lowest BCUT2D eigenvalue weighted by atomic mass is 9.92. The SMILES string of the molecule is COCCN1CCC(C(=O)N2CCCC(c3nccn3CC3CC3)C2)CC1. The van der Waals surface area contributed by atoms with Gasteiger partial charge >= 0.3 is 0 Å². The molecule has 0 N–H and O–H groups in total. The van der Waals surface area contributed by atoms with Gasteiger partial charge in [-0.2, -0.15) is 0 Å². The van der Waals surface area contributed by atoms with E-state index in [1.807, 2.05) is 6.20 Å². The van der Waals surface area contributed by atoms with E-state index in [0.29, 0.717) is 11.8 Å². The van der Waals surface area contributed by atoms with E-state index in [4.69, 9.17) is 4.74 Å². The molecule has 6 heteroatoms. The number of imidazole rings is 1. The molecule has 3 heterocycles. The van der Waals surface area contributed by atoms with Crippen LogP contribution in [0.5, 0.6) is 0 Å².